The third-order valence-corrected chi connectivity index (χ3v) is 4.86. The molecule has 1 saturated carbocycles. The highest BCUT2D eigenvalue weighted by atomic mass is 32.1. The van der Waals surface area contributed by atoms with Crippen molar-refractivity contribution in [1.29, 1.82) is 0 Å². The van der Waals surface area contributed by atoms with Gasteiger partial charge in [-0.1, -0.05) is 26.2 Å². The van der Waals surface area contributed by atoms with Crippen LogP contribution in [0.15, 0.2) is 12.1 Å². The van der Waals surface area contributed by atoms with Crippen molar-refractivity contribution >= 4 is 12.6 Å². The summed E-state index contributed by atoms with van der Waals surface area (Å²) >= 11 is 4.57. The molecule has 0 bridgehead atoms. The molecule has 0 N–H and O–H groups in total. The lowest BCUT2D eigenvalue weighted by Gasteiger charge is -2.35. The maximum Gasteiger partial charge on any atom is 0.140 e. The van der Waals surface area contributed by atoms with E-state index in [1.54, 1.807) is 0 Å². The van der Waals surface area contributed by atoms with Crippen LogP contribution in [-0.4, -0.2) is 17.3 Å². The van der Waals surface area contributed by atoms with Gasteiger partial charge in [-0.15, -0.1) is 0 Å². The van der Waals surface area contributed by atoms with Crippen LogP contribution in [0.1, 0.15) is 50.4 Å². The van der Waals surface area contributed by atoms with Crippen LogP contribution < -0.4 is 4.74 Å². The molecule has 0 saturated heterocycles. The summed E-state index contributed by atoms with van der Waals surface area (Å²) in [6, 6.07) is 4.10. The van der Waals surface area contributed by atoms with Crippen LogP contribution >= 0.6 is 12.6 Å². The van der Waals surface area contributed by atoms with Gasteiger partial charge in [-0.3, -0.25) is 4.98 Å². The molecule has 1 aliphatic rings. The van der Waals surface area contributed by atoms with Gasteiger partial charge in [0.05, 0.1) is 12.3 Å². The molecule has 1 heterocycles. The Morgan fingerprint density at radius 1 is 1.26 bits per heavy atom. The molecule has 1 aromatic rings. The minimum atomic E-state index is 0.275. The lowest BCUT2D eigenvalue weighted by atomic mass is 9.76. The molecular weight excluding hydrogens is 254 g/mol. The summed E-state index contributed by atoms with van der Waals surface area (Å²) in [5.41, 5.74) is 2.41. The van der Waals surface area contributed by atoms with E-state index in [0.29, 0.717) is 0 Å². The fourth-order valence-corrected chi connectivity index (χ4v) is 3.27. The molecule has 0 amide bonds. The zero-order valence-corrected chi connectivity index (χ0v) is 13.0. The highest BCUT2D eigenvalue weighted by Crippen LogP contribution is 2.38. The van der Waals surface area contributed by atoms with Gasteiger partial charge in [0.2, 0.25) is 0 Å². The van der Waals surface area contributed by atoms with E-state index in [-0.39, 0.29) is 5.41 Å². The molecule has 1 aromatic heterocycles. The lowest BCUT2D eigenvalue weighted by Crippen LogP contribution is -2.33. The largest absolute Gasteiger partial charge is 0.491 e. The van der Waals surface area contributed by atoms with Crippen molar-refractivity contribution in [1.82, 2.24) is 4.98 Å². The minimum absolute atomic E-state index is 0.275. The number of hydrogen-bond donors (Lipinski definition) is 1. The lowest BCUT2D eigenvalue weighted by molar-refractivity contribution is 0.120. The number of nitrogens with zero attached hydrogens (tertiary/aromatic N) is 1. The zero-order chi connectivity index (χ0) is 13.7. The Morgan fingerprint density at radius 2 is 2.00 bits per heavy atom. The molecule has 0 radical (unpaired) electrons. The zero-order valence-electron chi connectivity index (χ0n) is 12.1. The highest BCUT2D eigenvalue weighted by Gasteiger charge is 2.31. The van der Waals surface area contributed by atoms with E-state index < -0.39 is 0 Å². The standard InChI is InChI=1S/C16H25NOS/c1-3-14-15(8-7-13(2)17-14)18-11-16(12-19)9-5-4-6-10-16/h7-8,19H,3-6,9-12H2,1-2H3. The van der Waals surface area contributed by atoms with Crippen LogP contribution in [0.3, 0.4) is 0 Å². The van der Waals surface area contributed by atoms with Gasteiger partial charge < -0.3 is 4.74 Å². The highest BCUT2D eigenvalue weighted by molar-refractivity contribution is 7.80. The van der Waals surface area contributed by atoms with E-state index in [1.165, 1.54) is 32.1 Å². The molecule has 1 fully saturated rings. The molecule has 19 heavy (non-hydrogen) atoms. The molecule has 0 aliphatic heterocycles. The molecule has 0 spiro atoms. The SMILES string of the molecule is CCc1nc(C)ccc1OCC1(CS)CCCCC1. The molecule has 0 atom stereocenters. The van der Waals surface area contributed by atoms with E-state index >= 15 is 0 Å². The second-order valence-corrected chi connectivity index (χ2v) is 6.07. The third kappa shape index (κ3) is 3.65. The van der Waals surface area contributed by atoms with E-state index in [4.69, 9.17) is 4.74 Å². The average Bonchev–Trinajstić information content (AvgIpc) is 2.47. The Kier molecular flexibility index (Phi) is 5.14. The maximum absolute atomic E-state index is 6.11. The van der Waals surface area contributed by atoms with E-state index in [2.05, 4.69) is 30.6 Å². The van der Waals surface area contributed by atoms with Crippen molar-refractivity contribution in [2.75, 3.05) is 12.4 Å². The topological polar surface area (TPSA) is 22.1 Å². The summed E-state index contributed by atoms with van der Waals surface area (Å²) < 4.78 is 6.11. The molecule has 0 unspecified atom stereocenters. The van der Waals surface area contributed by atoms with Gasteiger partial charge in [0.15, 0.2) is 0 Å². The molecule has 0 aromatic carbocycles. The van der Waals surface area contributed by atoms with Crippen molar-refractivity contribution < 1.29 is 4.74 Å². The van der Waals surface area contributed by atoms with E-state index in [9.17, 15) is 0 Å². The number of ether oxygens (including phenoxy) is 1. The number of aromatic nitrogens is 1. The van der Waals surface area contributed by atoms with Gasteiger partial charge >= 0.3 is 0 Å². The van der Waals surface area contributed by atoms with Crippen molar-refractivity contribution in [3.8, 4) is 5.75 Å². The van der Waals surface area contributed by atoms with Crippen molar-refractivity contribution in [3.63, 3.8) is 0 Å². The smallest absolute Gasteiger partial charge is 0.140 e. The summed E-state index contributed by atoms with van der Waals surface area (Å²) in [5.74, 6) is 1.88. The Bertz CT molecular complexity index is 413. The predicted octanol–water partition coefficient (Wildman–Crippen LogP) is 4.21. The van der Waals surface area contributed by atoms with Gasteiger partial charge in [-0.2, -0.15) is 12.6 Å². The van der Waals surface area contributed by atoms with Gasteiger partial charge in [0.25, 0.3) is 0 Å². The van der Waals surface area contributed by atoms with Crippen molar-refractivity contribution in [2.24, 2.45) is 5.41 Å². The van der Waals surface area contributed by atoms with Gasteiger partial charge in [-0.05, 0) is 44.1 Å². The van der Waals surface area contributed by atoms with Crippen molar-refractivity contribution in [2.45, 2.75) is 52.4 Å². The Labute approximate surface area is 122 Å². The first-order chi connectivity index (χ1) is 9.19. The summed E-state index contributed by atoms with van der Waals surface area (Å²) in [7, 11) is 0. The second kappa shape index (κ2) is 6.65. The fraction of sp³-hybridized carbons (Fsp3) is 0.688. The quantitative estimate of drug-likeness (QED) is 0.816. The first-order valence-corrected chi connectivity index (χ1v) is 8.02. The summed E-state index contributed by atoms with van der Waals surface area (Å²) in [6.07, 6.45) is 7.41. The van der Waals surface area contributed by atoms with Crippen LogP contribution in [0.4, 0.5) is 0 Å². The molecule has 106 valence electrons. The minimum Gasteiger partial charge on any atom is -0.491 e. The van der Waals surface area contributed by atoms with Crippen LogP contribution in [0, 0.1) is 12.3 Å². The number of aryl methyl sites for hydroxylation is 2. The summed E-state index contributed by atoms with van der Waals surface area (Å²) in [4.78, 5) is 4.56. The van der Waals surface area contributed by atoms with E-state index in [0.717, 1.165) is 35.9 Å². The van der Waals surface area contributed by atoms with Crippen molar-refractivity contribution in [3.05, 3.63) is 23.5 Å². The predicted molar refractivity (Wildman–Crippen MR) is 83.2 cm³/mol. The number of rotatable bonds is 5. The van der Waals surface area contributed by atoms with Crippen LogP contribution in [-0.2, 0) is 6.42 Å². The second-order valence-electron chi connectivity index (χ2n) is 5.76. The molecule has 2 rings (SSSR count). The van der Waals surface area contributed by atoms with Gasteiger partial charge in [0.1, 0.15) is 5.75 Å². The Morgan fingerprint density at radius 3 is 2.63 bits per heavy atom. The van der Waals surface area contributed by atoms with Gasteiger partial charge in [-0.25, -0.2) is 0 Å². The van der Waals surface area contributed by atoms with Gasteiger partial charge in [0, 0.05) is 11.1 Å². The normalized spacial score (nSPS) is 18.3. The summed E-state index contributed by atoms with van der Waals surface area (Å²) in [6.45, 7) is 4.94. The van der Waals surface area contributed by atoms with Crippen LogP contribution in [0.5, 0.6) is 5.75 Å². The first kappa shape index (κ1) is 14.7. The van der Waals surface area contributed by atoms with Crippen LogP contribution in [0.25, 0.3) is 0 Å². The molecule has 1 aliphatic carbocycles. The number of thiol groups is 1. The van der Waals surface area contributed by atoms with E-state index in [1.807, 2.05) is 13.0 Å². The Hall–Kier alpha value is -0.700. The third-order valence-electron chi connectivity index (χ3n) is 4.19. The monoisotopic (exact) mass is 279 g/mol. The average molecular weight is 279 g/mol. The number of pyridine rings is 1. The van der Waals surface area contributed by atoms with Crippen LogP contribution in [0.2, 0.25) is 0 Å². The number of hydrogen-bond acceptors (Lipinski definition) is 3. The molecule has 2 nitrogen and oxygen atoms in total. The molecular formula is C16H25NOS. The summed E-state index contributed by atoms with van der Waals surface area (Å²) in [5, 5.41) is 0. The Balaban J connectivity index is 2.04. The molecule has 3 heteroatoms. The first-order valence-electron chi connectivity index (χ1n) is 7.39. The fourth-order valence-electron chi connectivity index (χ4n) is 2.86. The maximum atomic E-state index is 6.11.